The molecular weight excluding hydrogens is 304 g/mol. The molecule has 1 aliphatic heterocycles. The molecule has 0 N–H and O–H groups in total. The van der Waals surface area contributed by atoms with Crippen LogP contribution in [0.2, 0.25) is 0 Å². The molecule has 6 heteroatoms. The van der Waals surface area contributed by atoms with E-state index < -0.39 is 0 Å². The topological polar surface area (TPSA) is 58.4 Å². The maximum Gasteiger partial charge on any atom is 0.275 e. The molecule has 3 rings (SSSR count). The average Bonchev–Trinajstić information content (AvgIpc) is 2.57. The van der Waals surface area contributed by atoms with E-state index in [4.69, 9.17) is 0 Å². The zero-order chi connectivity index (χ0) is 17.1. The lowest BCUT2D eigenvalue weighted by molar-refractivity contribution is -0.136. The van der Waals surface area contributed by atoms with Crippen LogP contribution in [0.1, 0.15) is 19.3 Å². The molecule has 1 unspecified atom stereocenters. The summed E-state index contributed by atoms with van der Waals surface area (Å²) in [4.78, 5) is 29.3. The first-order valence-corrected chi connectivity index (χ1v) is 8.45. The highest BCUT2D eigenvalue weighted by Crippen LogP contribution is 2.18. The number of amides is 1. The van der Waals surface area contributed by atoms with Crippen LogP contribution in [0.15, 0.2) is 35.3 Å². The molecule has 0 spiro atoms. The highest BCUT2D eigenvalue weighted by molar-refractivity contribution is 5.81. The van der Waals surface area contributed by atoms with Crippen molar-refractivity contribution in [3.63, 3.8) is 0 Å². The molecule has 6 nitrogen and oxygen atoms in total. The third-order valence-corrected chi connectivity index (χ3v) is 4.57. The summed E-state index contributed by atoms with van der Waals surface area (Å²) in [5, 5.41) is 5.57. The van der Waals surface area contributed by atoms with Gasteiger partial charge in [0.2, 0.25) is 5.91 Å². The molecule has 0 bridgehead atoms. The van der Waals surface area contributed by atoms with Crippen LogP contribution in [0, 0.1) is 0 Å². The first kappa shape index (κ1) is 16.6. The minimum atomic E-state index is -0.206. The quantitative estimate of drug-likeness (QED) is 0.850. The highest BCUT2D eigenvalue weighted by atomic mass is 16.2. The normalized spacial score (nSPS) is 18.3. The van der Waals surface area contributed by atoms with Crippen molar-refractivity contribution in [1.82, 2.24) is 19.6 Å². The van der Waals surface area contributed by atoms with Crippen LogP contribution in [0.25, 0.3) is 10.8 Å². The molecule has 1 saturated heterocycles. The fourth-order valence-electron chi connectivity index (χ4n) is 3.40. The van der Waals surface area contributed by atoms with Gasteiger partial charge in [-0.2, -0.15) is 5.10 Å². The van der Waals surface area contributed by atoms with E-state index in [1.807, 2.05) is 37.2 Å². The molecule has 1 aromatic heterocycles. The van der Waals surface area contributed by atoms with Crippen LogP contribution in [-0.2, 0) is 11.3 Å². The van der Waals surface area contributed by atoms with Gasteiger partial charge in [-0.05, 0) is 39.4 Å². The number of rotatable bonds is 4. The van der Waals surface area contributed by atoms with Crippen LogP contribution >= 0.6 is 0 Å². The Morgan fingerprint density at radius 2 is 2.08 bits per heavy atom. The molecule has 0 saturated carbocycles. The molecule has 0 radical (unpaired) electrons. The zero-order valence-electron chi connectivity index (χ0n) is 14.3. The Morgan fingerprint density at radius 3 is 2.88 bits per heavy atom. The predicted molar refractivity (Wildman–Crippen MR) is 93.9 cm³/mol. The Morgan fingerprint density at radius 1 is 1.29 bits per heavy atom. The van der Waals surface area contributed by atoms with Crippen LogP contribution < -0.4 is 5.56 Å². The van der Waals surface area contributed by atoms with Crippen molar-refractivity contribution in [3.05, 3.63) is 40.8 Å². The molecule has 1 atom stereocenters. The number of fused-ring (bicyclic) bond motifs is 1. The number of nitrogens with zero attached hydrogens (tertiary/aromatic N) is 4. The van der Waals surface area contributed by atoms with Gasteiger partial charge in [-0.25, -0.2) is 4.68 Å². The van der Waals surface area contributed by atoms with Crippen LogP contribution in [0.4, 0.5) is 0 Å². The van der Waals surface area contributed by atoms with Crippen LogP contribution in [0.5, 0.6) is 0 Å². The number of hydrogen-bond donors (Lipinski definition) is 0. The third-order valence-electron chi connectivity index (χ3n) is 4.57. The van der Waals surface area contributed by atoms with E-state index in [9.17, 15) is 9.59 Å². The minimum Gasteiger partial charge on any atom is -0.337 e. The van der Waals surface area contributed by atoms with Crippen LogP contribution in [-0.4, -0.2) is 58.7 Å². The summed E-state index contributed by atoms with van der Waals surface area (Å²) in [6.45, 7) is 1.62. The van der Waals surface area contributed by atoms with Crippen molar-refractivity contribution in [2.24, 2.45) is 0 Å². The molecule has 128 valence electrons. The second-order valence-electron chi connectivity index (χ2n) is 6.69. The smallest absolute Gasteiger partial charge is 0.275 e. The van der Waals surface area contributed by atoms with Crippen molar-refractivity contribution >= 4 is 16.7 Å². The van der Waals surface area contributed by atoms with E-state index in [-0.39, 0.29) is 24.1 Å². The first-order chi connectivity index (χ1) is 11.6. The highest BCUT2D eigenvalue weighted by Gasteiger charge is 2.27. The number of piperidine rings is 1. The number of aromatic nitrogens is 2. The van der Waals surface area contributed by atoms with E-state index in [0.29, 0.717) is 5.39 Å². The molecule has 24 heavy (non-hydrogen) atoms. The van der Waals surface area contributed by atoms with Gasteiger partial charge in [0.25, 0.3) is 5.56 Å². The molecule has 2 aromatic rings. The summed E-state index contributed by atoms with van der Waals surface area (Å²) >= 11 is 0. The van der Waals surface area contributed by atoms with Gasteiger partial charge in [0.05, 0.1) is 11.6 Å². The molecule has 0 aliphatic carbocycles. The first-order valence-electron chi connectivity index (χ1n) is 8.45. The summed E-state index contributed by atoms with van der Waals surface area (Å²) in [6, 6.07) is 7.55. The largest absolute Gasteiger partial charge is 0.337 e. The van der Waals surface area contributed by atoms with Crippen molar-refractivity contribution in [2.45, 2.75) is 31.8 Å². The van der Waals surface area contributed by atoms with Gasteiger partial charge in [0.15, 0.2) is 0 Å². The van der Waals surface area contributed by atoms with Gasteiger partial charge in [-0.3, -0.25) is 9.59 Å². The third kappa shape index (κ3) is 3.48. The van der Waals surface area contributed by atoms with E-state index >= 15 is 0 Å². The maximum absolute atomic E-state index is 12.8. The maximum atomic E-state index is 12.8. The van der Waals surface area contributed by atoms with Crippen LogP contribution in [0.3, 0.4) is 0 Å². The molecule has 2 heterocycles. The van der Waals surface area contributed by atoms with Gasteiger partial charge in [0.1, 0.15) is 6.54 Å². The number of carbonyl (C=O) groups excluding carboxylic acids is 1. The molecule has 1 fully saturated rings. The number of hydrogen-bond acceptors (Lipinski definition) is 4. The minimum absolute atomic E-state index is 0.00754. The lowest BCUT2D eigenvalue weighted by Crippen LogP contribution is -2.50. The second kappa shape index (κ2) is 7.13. The van der Waals surface area contributed by atoms with Gasteiger partial charge in [-0.15, -0.1) is 0 Å². The van der Waals surface area contributed by atoms with E-state index in [0.717, 1.165) is 37.7 Å². The zero-order valence-corrected chi connectivity index (χ0v) is 14.3. The Hall–Kier alpha value is -2.21. The van der Waals surface area contributed by atoms with Crippen molar-refractivity contribution in [2.75, 3.05) is 27.2 Å². The summed E-state index contributed by atoms with van der Waals surface area (Å²) in [5.41, 5.74) is -0.206. The predicted octanol–water partition coefficient (Wildman–Crippen LogP) is 1.34. The Kier molecular flexibility index (Phi) is 4.94. The fraction of sp³-hybridized carbons (Fsp3) is 0.500. The fourth-order valence-corrected chi connectivity index (χ4v) is 3.40. The number of benzene rings is 1. The Labute approximate surface area is 141 Å². The van der Waals surface area contributed by atoms with Gasteiger partial charge >= 0.3 is 0 Å². The average molecular weight is 328 g/mol. The van der Waals surface area contributed by atoms with Gasteiger partial charge < -0.3 is 9.80 Å². The van der Waals surface area contributed by atoms with Gasteiger partial charge in [-0.1, -0.05) is 18.2 Å². The number of likely N-dealkylation sites (tertiary alicyclic amines) is 1. The summed E-state index contributed by atoms with van der Waals surface area (Å²) in [5.74, 6) is -0.0218. The number of likely N-dealkylation sites (N-methyl/N-ethyl adjacent to an activating group) is 1. The van der Waals surface area contributed by atoms with Crippen molar-refractivity contribution in [3.8, 4) is 0 Å². The monoisotopic (exact) mass is 328 g/mol. The van der Waals surface area contributed by atoms with Gasteiger partial charge in [0, 0.05) is 24.5 Å². The van der Waals surface area contributed by atoms with Crippen molar-refractivity contribution < 1.29 is 4.79 Å². The van der Waals surface area contributed by atoms with E-state index in [1.54, 1.807) is 12.3 Å². The lowest BCUT2D eigenvalue weighted by Gasteiger charge is -2.37. The van der Waals surface area contributed by atoms with E-state index in [2.05, 4.69) is 10.00 Å². The SMILES string of the molecule is CN(C)CC1CCCCN1C(=O)Cn1ncc2ccccc2c1=O. The molecule has 1 amide bonds. The summed E-state index contributed by atoms with van der Waals surface area (Å²) < 4.78 is 1.28. The van der Waals surface area contributed by atoms with E-state index in [1.165, 1.54) is 4.68 Å². The molecule has 1 aromatic carbocycles. The number of carbonyl (C=O) groups is 1. The second-order valence-corrected chi connectivity index (χ2v) is 6.69. The summed E-state index contributed by atoms with van der Waals surface area (Å²) in [6.07, 6.45) is 4.84. The standard InChI is InChI=1S/C18H24N4O2/c1-20(2)12-15-8-5-6-10-21(15)17(23)13-22-18(24)16-9-4-3-7-14(16)11-19-22/h3-4,7,9,11,15H,5-6,8,10,12-13H2,1-2H3. The Bertz CT molecular complexity index is 784. The van der Waals surface area contributed by atoms with Crippen molar-refractivity contribution in [1.29, 1.82) is 0 Å². The summed E-state index contributed by atoms with van der Waals surface area (Å²) in [7, 11) is 4.04. The molecule has 1 aliphatic rings. The lowest BCUT2D eigenvalue weighted by atomic mass is 10.0. The molecular formula is C18H24N4O2. The Balaban J connectivity index is 1.81.